The number of nitrogens with zero attached hydrogens (tertiary/aromatic N) is 7. The third kappa shape index (κ3) is 4.30. The molecule has 30 heavy (non-hydrogen) atoms. The van der Waals surface area contributed by atoms with Crippen molar-refractivity contribution in [2.24, 2.45) is 0 Å². The molecule has 0 aliphatic carbocycles. The standard InChI is InChI=1S/C21H25N7O2/c1-15-6-4-5-7-16(15)20-22-19(30-25-20)14-27-10-12-28(13-11-27)21(29)17-8-9-18(24-23-17)26(2)3/h4-9H,10-14H2,1-3H3. The topological polar surface area (TPSA) is 91.5 Å². The predicted octanol–water partition coefficient (Wildman–Crippen LogP) is 1.86. The van der Waals surface area contributed by atoms with Gasteiger partial charge in [-0.05, 0) is 24.6 Å². The maximum Gasteiger partial charge on any atom is 0.274 e. The molecule has 4 rings (SSSR count). The van der Waals surface area contributed by atoms with Crippen LogP contribution in [0.15, 0.2) is 40.9 Å². The quantitative estimate of drug-likeness (QED) is 0.633. The molecule has 0 radical (unpaired) electrons. The van der Waals surface area contributed by atoms with Crippen molar-refractivity contribution >= 4 is 11.7 Å². The molecule has 3 heterocycles. The molecule has 1 saturated heterocycles. The fourth-order valence-electron chi connectivity index (χ4n) is 3.39. The van der Waals surface area contributed by atoms with E-state index in [1.54, 1.807) is 12.1 Å². The van der Waals surface area contributed by atoms with Crippen molar-refractivity contribution in [2.45, 2.75) is 13.5 Å². The first kappa shape index (κ1) is 20.0. The highest BCUT2D eigenvalue weighted by Crippen LogP contribution is 2.20. The molecule has 9 nitrogen and oxygen atoms in total. The number of anilines is 1. The van der Waals surface area contributed by atoms with Gasteiger partial charge in [0.15, 0.2) is 11.5 Å². The summed E-state index contributed by atoms with van der Waals surface area (Å²) in [6.45, 7) is 5.30. The van der Waals surface area contributed by atoms with E-state index in [-0.39, 0.29) is 5.91 Å². The van der Waals surface area contributed by atoms with E-state index < -0.39 is 0 Å². The van der Waals surface area contributed by atoms with Gasteiger partial charge in [-0.3, -0.25) is 9.69 Å². The molecule has 2 aromatic heterocycles. The van der Waals surface area contributed by atoms with Crippen LogP contribution in [0.2, 0.25) is 0 Å². The highest BCUT2D eigenvalue weighted by molar-refractivity contribution is 5.92. The summed E-state index contributed by atoms with van der Waals surface area (Å²) in [4.78, 5) is 23.1. The molecule has 156 valence electrons. The average Bonchev–Trinajstić information content (AvgIpc) is 3.22. The first-order valence-corrected chi connectivity index (χ1v) is 9.92. The van der Waals surface area contributed by atoms with Crippen LogP contribution >= 0.6 is 0 Å². The summed E-state index contributed by atoms with van der Waals surface area (Å²) < 4.78 is 5.45. The van der Waals surface area contributed by atoms with Gasteiger partial charge in [0.1, 0.15) is 0 Å². The number of hydrogen-bond donors (Lipinski definition) is 0. The summed E-state index contributed by atoms with van der Waals surface area (Å²) in [6, 6.07) is 11.5. The lowest BCUT2D eigenvalue weighted by Crippen LogP contribution is -2.48. The Balaban J connectivity index is 1.33. The second-order valence-electron chi connectivity index (χ2n) is 7.57. The van der Waals surface area contributed by atoms with Crippen LogP contribution in [0.5, 0.6) is 0 Å². The number of aryl methyl sites for hydroxylation is 1. The zero-order valence-electron chi connectivity index (χ0n) is 17.4. The van der Waals surface area contributed by atoms with E-state index in [2.05, 4.69) is 25.2 Å². The monoisotopic (exact) mass is 407 g/mol. The van der Waals surface area contributed by atoms with E-state index in [9.17, 15) is 4.79 Å². The van der Waals surface area contributed by atoms with Gasteiger partial charge in [0.2, 0.25) is 11.7 Å². The maximum absolute atomic E-state index is 12.7. The normalized spacial score (nSPS) is 14.7. The van der Waals surface area contributed by atoms with Gasteiger partial charge in [0, 0.05) is 45.8 Å². The highest BCUT2D eigenvalue weighted by Gasteiger charge is 2.24. The summed E-state index contributed by atoms with van der Waals surface area (Å²) in [7, 11) is 3.77. The minimum atomic E-state index is -0.0907. The van der Waals surface area contributed by atoms with Crippen LogP contribution in [0.25, 0.3) is 11.4 Å². The minimum Gasteiger partial charge on any atom is -0.361 e. The molecule has 0 saturated carbocycles. The van der Waals surface area contributed by atoms with Crippen LogP contribution in [-0.4, -0.2) is 76.3 Å². The van der Waals surface area contributed by atoms with Crippen molar-refractivity contribution in [3.8, 4) is 11.4 Å². The number of aromatic nitrogens is 4. The van der Waals surface area contributed by atoms with E-state index >= 15 is 0 Å². The third-order valence-corrected chi connectivity index (χ3v) is 5.20. The summed E-state index contributed by atoms with van der Waals surface area (Å²) in [5.74, 6) is 1.82. The summed E-state index contributed by atoms with van der Waals surface area (Å²) in [6.07, 6.45) is 0. The molecule has 0 unspecified atom stereocenters. The Kier molecular flexibility index (Phi) is 5.71. The number of carbonyl (C=O) groups excluding carboxylic acids is 1. The number of piperazine rings is 1. The lowest BCUT2D eigenvalue weighted by atomic mass is 10.1. The molecule has 0 atom stereocenters. The maximum atomic E-state index is 12.7. The Morgan fingerprint density at radius 1 is 1.07 bits per heavy atom. The van der Waals surface area contributed by atoms with Crippen LogP contribution in [0.4, 0.5) is 5.82 Å². The van der Waals surface area contributed by atoms with E-state index in [1.165, 1.54) is 0 Å². The SMILES string of the molecule is Cc1ccccc1-c1noc(CN2CCN(C(=O)c3ccc(N(C)C)nn3)CC2)n1. The van der Waals surface area contributed by atoms with Crippen molar-refractivity contribution in [3.63, 3.8) is 0 Å². The van der Waals surface area contributed by atoms with Crippen LogP contribution in [-0.2, 0) is 6.54 Å². The van der Waals surface area contributed by atoms with E-state index in [1.807, 2.05) is 55.1 Å². The zero-order chi connectivity index (χ0) is 21.1. The molecule has 1 aromatic carbocycles. The van der Waals surface area contributed by atoms with Gasteiger partial charge in [-0.1, -0.05) is 29.4 Å². The number of carbonyl (C=O) groups is 1. The van der Waals surface area contributed by atoms with Crippen molar-refractivity contribution in [1.29, 1.82) is 0 Å². The van der Waals surface area contributed by atoms with Gasteiger partial charge in [0.25, 0.3) is 5.91 Å². The smallest absolute Gasteiger partial charge is 0.274 e. The second-order valence-corrected chi connectivity index (χ2v) is 7.57. The molecule has 3 aromatic rings. The Morgan fingerprint density at radius 2 is 1.83 bits per heavy atom. The van der Waals surface area contributed by atoms with Crippen LogP contribution in [0.1, 0.15) is 21.9 Å². The Morgan fingerprint density at radius 3 is 2.50 bits per heavy atom. The number of hydrogen-bond acceptors (Lipinski definition) is 8. The Bertz CT molecular complexity index is 1010. The van der Waals surface area contributed by atoms with E-state index in [0.717, 1.165) is 30.0 Å². The largest absolute Gasteiger partial charge is 0.361 e. The zero-order valence-corrected chi connectivity index (χ0v) is 17.4. The van der Waals surface area contributed by atoms with E-state index in [4.69, 9.17) is 4.52 Å². The van der Waals surface area contributed by atoms with Gasteiger partial charge < -0.3 is 14.3 Å². The fraction of sp³-hybridized carbons (Fsp3) is 0.381. The lowest BCUT2D eigenvalue weighted by molar-refractivity contribution is 0.0608. The summed E-state index contributed by atoms with van der Waals surface area (Å²) >= 11 is 0. The van der Waals surface area contributed by atoms with Crippen molar-refractivity contribution < 1.29 is 9.32 Å². The number of amides is 1. The summed E-state index contributed by atoms with van der Waals surface area (Å²) in [5.41, 5.74) is 2.46. The first-order valence-electron chi connectivity index (χ1n) is 9.92. The average molecular weight is 407 g/mol. The Labute approximate surface area is 175 Å². The van der Waals surface area contributed by atoms with Crippen molar-refractivity contribution in [2.75, 3.05) is 45.2 Å². The molecule has 1 fully saturated rings. The van der Waals surface area contributed by atoms with Gasteiger partial charge in [-0.15, -0.1) is 10.2 Å². The molecule has 1 aliphatic rings. The van der Waals surface area contributed by atoms with E-state index in [0.29, 0.717) is 37.0 Å². The van der Waals surface area contributed by atoms with Gasteiger partial charge in [-0.2, -0.15) is 4.98 Å². The molecule has 0 N–H and O–H groups in total. The van der Waals surface area contributed by atoms with Crippen LogP contribution in [0, 0.1) is 6.92 Å². The van der Waals surface area contributed by atoms with Crippen molar-refractivity contribution in [1.82, 2.24) is 30.1 Å². The van der Waals surface area contributed by atoms with Gasteiger partial charge in [-0.25, -0.2) is 0 Å². The molecule has 1 aliphatic heterocycles. The third-order valence-electron chi connectivity index (χ3n) is 5.20. The van der Waals surface area contributed by atoms with Crippen LogP contribution < -0.4 is 4.90 Å². The molecular weight excluding hydrogens is 382 g/mol. The molecule has 0 spiro atoms. The highest BCUT2D eigenvalue weighted by atomic mass is 16.5. The van der Waals surface area contributed by atoms with Gasteiger partial charge in [0.05, 0.1) is 6.54 Å². The van der Waals surface area contributed by atoms with Gasteiger partial charge >= 0.3 is 0 Å². The number of benzene rings is 1. The molecule has 9 heteroatoms. The molecular formula is C21H25N7O2. The lowest BCUT2D eigenvalue weighted by Gasteiger charge is -2.33. The molecule has 1 amide bonds. The fourth-order valence-corrected chi connectivity index (χ4v) is 3.39. The summed E-state index contributed by atoms with van der Waals surface area (Å²) in [5, 5.41) is 12.3. The molecule has 0 bridgehead atoms. The van der Waals surface area contributed by atoms with Crippen molar-refractivity contribution in [3.05, 3.63) is 53.5 Å². The number of rotatable bonds is 5. The first-order chi connectivity index (χ1) is 14.5. The predicted molar refractivity (Wildman–Crippen MR) is 112 cm³/mol. The van der Waals surface area contributed by atoms with Crippen LogP contribution in [0.3, 0.4) is 0 Å². The Hall–Kier alpha value is -3.33. The second kappa shape index (κ2) is 8.58. The minimum absolute atomic E-state index is 0.0907.